The maximum Gasteiger partial charge on any atom is 0.279 e. The van der Waals surface area contributed by atoms with Crippen LogP contribution in [0.3, 0.4) is 0 Å². The Morgan fingerprint density at radius 3 is 2.72 bits per heavy atom. The molecule has 2 fully saturated rings. The Kier molecular flexibility index (Phi) is 5.93. The van der Waals surface area contributed by atoms with Crippen molar-refractivity contribution < 1.29 is 29.3 Å². The number of hydrogen-bond acceptors (Lipinski definition) is 6. The second-order valence-corrected chi connectivity index (χ2v) is 11.0. The normalized spacial score (nSPS) is 27.7. The number of benzene rings is 1. The van der Waals surface area contributed by atoms with Gasteiger partial charge in [0.2, 0.25) is 5.91 Å². The lowest BCUT2D eigenvalue weighted by Gasteiger charge is -2.56. The summed E-state index contributed by atoms with van der Waals surface area (Å²) in [5.74, 6) is -0.200. The van der Waals surface area contributed by atoms with E-state index in [1.807, 2.05) is 38.1 Å². The Morgan fingerprint density at radius 1 is 1.31 bits per heavy atom. The van der Waals surface area contributed by atoms with E-state index in [-0.39, 0.29) is 18.9 Å². The Balaban J connectivity index is 1.77. The molecule has 0 radical (unpaired) electrons. The molecule has 0 saturated carbocycles. The van der Waals surface area contributed by atoms with Gasteiger partial charge >= 0.3 is 0 Å². The number of allylic oxidation sites excluding steroid dienone is 1. The van der Waals surface area contributed by atoms with Crippen molar-refractivity contribution in [3.63, 3.8) is 0 Å². The van der Waals surface area contributed by atoms with Gasteiger partial charge in [-0.3, -0.25) is 14.5 Å². The minimum atomic E-state index is -2.24. The number of hydrogen-bond donors (Lipinski definition) is 3. The summed E-state index contributed by atoms with van der Waals surface area (Å²) in [5.41, 5.74) is -0.375. The molecule has 3 aliphatic heterocycles. The lowest BCUT2D eigenvalue weighted by molar-refractivity contribution is -0.240. The first-order chi connectivity index (χ1) is 17.0. The number of H-pyrrole nitrogens is 1. The molecule has 4 atom stereocenters. The van der Waals surface area contributed by atoms with E-state index in [2.05, 4.69) is 4.98 Å². The monoisotopic (exact) mass is 497 g/mol. The zero-order valence-corrected chi connectivity index (χ0v) is 21.5. The minimum absolute atomic E-state index is 0.124. The Bertz CT molecular complexity index is 1240. The molecule has 3 aliphatic rings. The molecule has 2 amide bonds. The Morgan fingerprint density at radius 2 is 2.06 bits per heavy atom. The van der Waals surface area contributed by atoms with Crippen molar-refractivity contribution in [1.29, 1.82) is 0 Å². The summed E-state index contributed by atoms with van der Waals surface area (Å²) in [7, 11) is 1.58. The van der Waals surface area contributed by atoms with Crippen molar-refractivity contribution in [3.8, 4) is 5.75 Å². The number of rotatable bonds is 6. The van der Waals surface area contributed by atoms with Crippen LogP contribution in [0.15, 0.2) is 29.8 Å². The summed E-state index contributed by atoms with van der Waals surface area (Å²) in [6.07, 6.45) is 2.12. The fourth-order valence-corrected chi connectivity index (χ4v) is 5.94. The molecular formula is C27H35N3O6. The molecule has 0 spiro atoms. The first-order valence-corrected chi connectivity index (χ1v) is 12.5. The molecule has 5 rings (SSSR count). The van der Waals surface area contributed by atoms with E-state index < -0.39 is 35.4 Å². The van der Waals surface area contributed by atoms with E-state index in [0.29, 0.717) is 36.4 Å². The third-order valence-corrected chi connectivity index (χ3v) is 7.51. The fourth-order valence-electron chi connectivity index (χ4n) is 5.94. The molecular weight excluding hydrogens is 462 g/mol. The molecule has 0 unspecified atom stereocenters. The number of amides is 2. The second kappa shape index (κ2) is 8.61. The highest BCUT2D eigenvalue weighted by atomic mass is 16.5. The molecule has 2 saturated heterocycles. The number of nitrogens with zero attached hydrogens (tertiary/aromatic N) is 2. The van der Waals surface area contributed by atoms with Crippen LogP contribution < -0.4 is 4.74 Å². The van der Waals surface area contributed by atoms with Crippen LogP contribution in [0.4, 0.5) is 0 Å². The lowest BCUT2D eigenvalue weighted by atomic mass is 9.79. The van der Waals surface area contributed by atoms with Gasteiger partial charge in [-0.25, -0.2) is 0 Å². The summed E-state index contributed by atoms with van der Waals surface area (Å²) < 4.78 is 11.7. The molecule has 4 heterocycles. The van der Waals surface area contributed by atoms with Crippen molar-refractivity contribution in [2.45, 2.75) is 76.5 Å². The van der Waals surface area contributed by atoms with E-state index >= 15 is 0 Å². The summed E-state index contributed by atoms with van der Waals surface area (Å²) in [4.78, 5) is 34.1. The lowest BCUT2D eigenvalue weighted by Crippen LogP contribution is -2.74. The summed E-state index contributed by atoms with van der Waals surface area (Å²) in [6, 6.07) is 4.15. The summed E-state index contributed by atoms with van der Waals surface area (Å²) >= 11 is 0. The van der Waals surface area contributed by atoms with Gasteiger partial charge in [0.25, 0.3) is 11.6 Å². The van der Waals surface area contributed by atoms with Crippen molar-refractivity contribution in [2.75, 3.05) is 20.3 Å². The number of ether oxygens (including phenoxy) is 2. The van der Waals surface area contributed by atoms with Crippen molar-refractivity contribution in [2.24, 2.45) is 0 Å². The van der Waals surface area contributed by atoms with Crippen LogP contribution in [-0.4, -0.2) is 74.4 Å². The van der Waals surface area contributed by atoms with Crippen LogP contribution in [0.1, 0.15) is 70.4 Å². The number of carbonyl (C=O) groups is 2. The molecule has 9 heteroatoms. The molecule has 36 heavy (non-hydrogen) atoms. The maximum atomic E-state index is 14.0. The highest BCUT2D eigenvalue weighted by Gasteiger charge is 2.66. The molecule has 9 nitrogen and oxygen atoms in total. The van der Waals surface area contributed by atoms with Crippen LogP contribution in [0.2, 0.25) is 0 Å². The average Bonchev–Trinajstić information content (AvgIpc) is 3.43. The predicted octanol–water partition coefficient (Wildman–Crippen LogP) is 2.94. The van der Waals surface area contributed by atoms with Gasteiger partial charge in [-0.1, -0.05) is 11.6 Å². The average molecular weight is 498 g/mol. The van der Waals surface area contributed by atoms with Gasteiger partial charge in [-0.15, -0.1) is 0 Å². The summed E-state index contributed by atoms with van der Waals surface area (Å²) in [5, 5.41) is 24.0. The maximum absolute atomic E-state index is 14.0. The van der Waals surface area contributed by atoms with Crippen LogP contribution in [0.25, 0.3) is 10.9 Å². The number of fused-ring (bicyclic) bond motifs is 5. The van der Waals surface area contributed by atoms with Gasteiger partial charge in [0.1, 0.15) is 17.9 Å². The van der Waals surface area contributed by atoms with Crippen LogP contribution in [0.5, 0.6) is 5.75 Å². The highest BCUT2D eigenvalue weighted by molar-refractivity contribution is 6.01. The third-order valence-electron chi connectivity index (χ3n) is 7.51. The largest absolute Gasteiger partial charge is 0.497 e. The molecule has 1 aromatic heterocycles. The van der Waals surface area contributed by atoms with Gasteiger partial charge in [-0.2, -0.15) is 0 Å². The smallest absolute Gasteiger partial charge is 0.279 e. The fraction of sp³-hybridized carbons (Fsp3) is 0.556. The molecule has 1 aromatic carbocycles. The van der Waals surface area contributed by atoms with Gasteiger partial charge in [0.15, 0.2) is 0 Å². The Hall–Kier alpha value is -2.88. The SMILES string of the molecule is COc1ccc2c3c([nH]c2c1)[C@H](CC(C)(C)O)N1C(=O)[C@@H]2CCCN2C(=O)[C@]1(O)[C@H]3OCC=C(C)C. The van der Waals surface area contributed by atoms with Crippen molar-refractivity contribution in [1.82, 2.24) is 14.8 Å². The Labute approximate surface area is 210 Å². The van der Waals surface area contributed by atoms with Gasteiger partial charge in [-0.05, 0) is 52.7 Å². The first-order valence-electron chi connectivity index (χ1n) is 12.5. The minimum Gasteiger partial charge on any atom is -0.497 e. The predicted molar refractivity (Wildman–Crippen MR) is 133 cm³/mol. The van der Waals surface area contributed by atoms with Gasteiger partial charge in [0.05, 0.1) is 25.4 Å². The van der Waals surface area contributed by atoms with Crippen LogP contribution >= 0.6 is 0 Å². The molecule has 194 valence electrons. The van der Waals surface area contributed by atoms with E-state index in [9.17, 15) is 19.8 Å². The van der Waals surface area contributed by atoms with Crippen molar-refractivity contribution in [3.05, 3.63) is 41.1 Å². The number of piperazine rings is 1. The first kappa shape index (κ1) is 24.8. The van der Waals surface area contributed by atoms with E-state index in [4.69, 9.17) is 9.47 Å². The number of carbonyl (C=O) groups excluding carboxylic acids is 2. The van der Waals surface area contributed by atoms with Crippen molar-refractivity contribution >= 4 is 22.7 Å². The molecule has 2 aromatic rings. The van der Waals surface area contributed by atoms with Crippen LogP contribution in [-0.2, 0) is 14.3 Å². The summed E-state index contributed by atoms with van der Waals surface area (Å²) in [6.45, 7) is 7.78. The highest BCUT2D eigenvalue weighted by Crippen LogP contribution is 2.54. The standard InChI is InChI=1S/C27H35N3O6/c1-15(2)10-12-36-23-21-17-9-8-16(35-5)13-18(17)28-22(21)20(14-26(3,4)33)30-24(31)19-7-6-11-29(19)25(32)27(23,30)34/h8-10,13,19-20,23,28,33-34H,6-7,11-12,14H2,1-5H3/t19-,20-,23-,27+/m0/s1. The molecule has 0 bridgehead atoms. The zero-order chi connectivity index (χ0) is 26.0. The molecule has 3 N–H and O–H groups in total. The van der Waals surface area contributed by atoms with E-state index in [0.717, 1.165) is 16.5 Å². The van der Waals surface area contributed by atoms with Gasteiger partial charge in [0, 0.05) is 41.2 Å². The van der Waals surface area contributed by atoms with Crippen LogP contribution in [0, 0.1) is 0 Å². The number of methoxy groups -OCH3 is 1. The van der Waals surface area contributed by atoms with Gasteiger partial charge < -0.3 is 29.6 Å². The number of nitrogens with one attached hydrogen (secondary N) is 1. The second-order valence-electron chi connectivity index (χ2n) is 11.0. The number of aromatic nitrogens is 1. The molecule has 0 aliphatic carbocycles. The topological polar surface area (TPSA) is 115 Å². The number of aliphatic hydroxyl groups is 2. The third kappa shape index (κ3) is 3.72. The quantitative estimate of drug-likeness (QED) is 0.529. The van der Waals surface area contributed by atoms with E-state index in [1.165, 1.54) is 9.80 Å². The van der Waals surface area contributed by atoms with E-state index in [1.54, 1.807) is 21.0 Å². The number of aromatic amines is 1. The zero-order valence-electron chi connectivity index (χ0n) is 21.5.